The van der Waals surface area contributed by atoms with Gasteiger partial charge in [-0.05, 0) is 56.3 Å². The number of hydrogen-bond acceptors (Lipinski definition) is 3. The third-order valence-electron chi connectivity index (χ3n) is 5.07. The first kappa shape index (κ1) is 14.7. The van der Waals surface area contributed by atoms with E-state index in [2.05, 4.69) is 12.1 Å². The number of likely N-dealkylation sites (N-methyl/N-ethyl adjacent to an activating group) is 1. The highest BCUT2D eigenvalue weighted by atomic mass is 16.3. The molecule has 1 fully saturated rings. The molecule has 0 aromatic heterocycles. The maximum absolute atomic E-state index is 12.5. The van der Waals surface area contributed by atoms with Gasteiger partial charge in [-0.1, -0.05) is 25.0 Å². The van der Waals surface area contributed by atoms with E-state index < -0.39 is 0 Å². The van der Waals surface area contributed by atoms with Crippen LogP contribution in [0.1, 0.15) is 53.6 Å². The van der Waals surface area contributed by atoms with E-state index in [1.807, 2.05) is 18.0 Å². The number of nitrogens with zero attached hydrogens (tertiary/aromatic N) is 1. The summed E-state index contributed by atoms with van der Waals surface area (Å²) in [6, 6.07) is 6.30. The molecule has 0 heterocycles. The Morgan fingerprint density at radius 3 is 2.76 bits per heavy atom. The largest absolute Gasteiger partial charge is 0.391 e. The van der Waals surface area contributed by atoms with Crippen molar-refractivity contribution in [2.75, 3.05) is 13.6 Å². The van der Waals surface area contributed by atoms with Gasteiger partial charge in [-0.2, -0.15) is 0 Å². The minimum atomic E-state index is -0.281. The lowest BCUT2D eigenvalue weighted by Gasteiger charge is -2.34. The van der Waals surface area contributed by atoms with Crippen molar-refractivity contribution in [2.45, 2.75) is 57.1 Å². The predicted molar refractivity (Wildman–Crippen MR) is 83.7 cm³/mol. The molecular formula is C18H25NO2. The number of benzene rings is 1. The molecule has 3 nitrogen and oxygen atoms in total. The van der Waals surface area contributed by atoms with Crippen LogP contribution in [0.15, 0.2) is 18.2 Å². The fraction of sp³-hybridized carbons (Fsp3) is 0.611. The Hall–Kier alpha value is -1.19. The Morgan fingerprint density at radius 1 is 1.19 bits per heavy atom. The average Bonchev–Trinajstić information content (AvgIpc) is 2.94. The summed E-state index contributed by atoms with van der Waals surface area (Å²) in [5.41, 5.74) is 3.58. The molecule has 2 aliphatic rings. The van der Waals surface area contributed by atoms with E-state index >= 15 is 0 Å². The third kappa shape index (κ3) is 3.19. The van der Waals surface area contributed by atoms with Crippen molar-refractivity contribution in [3.8, 4) is 0 Å². The van der Waals surface area contributed by atoms with E-state index in [-0.39, 0.29) is 17.9 Å². The van der Waals surface area contributed by atoms with E-state index in [1.165, 1.54) is 17.5 Å². The summed E-state index contributed by atoms with van der Waals surface area (Å²) < 4.78 is 0. The SMILES string of the molecule is CN(CC(=O)c1ccc2c(c1)CCC2)C1CCCCC1O. The molecule has 2 unspecified atom stereocenters. The van der Waals surface area contributed by atoms with Crippen LogP contribution in [-0.2, 0) is 12.8 Å². The summed E-state index contributed by atoms with van der Waals surface area (Å²) in [6.07, 6.45) is 7.30. The Balaban J connectivity index is 1.65. The van der Waals surface area contributed by atoms with Gasteiger partial charge < -0.3 is 5.11 Å². The van der Waals surface area contributed by atoms with Crippen LogP contribution in [0, 0.1) is 0 Å². The monoisotopic (exact) mass is 287 g/mol. The van der Waals surface area contributed by atoms with Crippen LogP contribution in [0.25, 0.3) is 0 Å². The lowest BCUT2D eigenvalue weighted by atomic mass is 9.91. The molecule has 21 heavy (non-hydrogen) atoms. The molecule has 1 aromatic rings. The second-order valence-electron chi connectivity index (χ2n) is 6.59. The van der Waals surface area contributed by atoms with Crippen LogP contribution in [0.2, 0.25) is 0 Å². The standard InChI is InChI=1S/C18H25NO2/c1-19(16-7-2-3-8-17(16)20)12-18(21)15-10-9-13-5-4-6-14(13)11-15/h9-11,16-17,20H,2-8,12H2,1H3. The zero-order valence-corrected chi connectivity index (χ0v) is 12.8. The Morgan fingerprint density at radius 2 is 1.95 bits per heavy atom. The number of aliphatic hydroxyl groups excluding tert-OH is 1. The van der Waals surface area contributed by atoms with Crippen molar-refractivity contribution in [3.63, 3.8) is 0 Å². The first-order chi connectivity index (χ1) is 10.1. The molecule has 0 aliphatic heterocycles. The minimum absolute atomic E-state index is 0.136. The highest BCUT2D eigenvalue weighted by Crippen LogP contribution is 2.24. The summed E-state index contributed by atoms with van der Waals surface area (Å²) in [4.78, 5) is 14.5. The van der Waals surface area contributed by atoms with Gasteiger partial charge in [0.15, 0.2) is 5.78 Å². The number of carbonyl (C=O) groups is 1. The van der Waals surface area contributed by atoms with E-state index in [4.69, 9.17) is 0 Å². The summed E-state index contributed by atoms with van der Waals surface area (Å²) in [7, 11) is 1.96. The van der Waals surface area contributed by atoms with Crippen LogP contribution in [0.4, 0.5) is 0 Å². The number of rotatable bonds is 4. The molecule has 0 amide bonds. The summed E-state index contributed by atoms with van der Waals surface area (Å²) in [5.74, 6) is 0.171. The van der Waals surface area contributed by atoms with Crippen LogP contribution in [0.3, 0.4) is 0 Å². The number of carbonyl (C=O) groups excluding carboxylic acids is 1. The quantitative estimate of drug-likeness (QED) is 0.865. The maximum atomic E-state index is 12.5. The number of aryl methyl sites for hydroxylation is 2. The summed E-state index contributed by atoms with van der Waals surface area (Å²) in [6.45, 7) is 0.403. The molecule has 3 heteroatoms. The third-order valence-corrected chi connectivity index (χ3v) is 5.07. The van der Waals surface area contributed by atoms with Gasteiger partial charge in [-0.3, -0.25) is 9.69 Å². The molecule has 0 bridgehead atoms. The van der Waals surface area contributed by atoms with Gasteiger partial charge in [-0.15, -0.1) is 0 Å². The van der Waals surface area contributed by atoms with Crippen LogP contribution < -0.4 is 0 Å². The molecule has 1 N–H and O–H groups in total. The van der Waals surface area contributed by atoms with Gasteiger partial charge in [0, 0.05) is 11.6 Å². The molecule has 1 saturated carbocycles. The fourth-order valence-electron chi connectivity index (χ4n) is 3.79. The van der Waals surface area contributed by atoms with Crippen molar-refractivity contribution >= 4 is 5.78 Å². The van der Waals surface area contributed by atoms with E-state index in [1.54, 1.807) is 0 Å². The zero-order chi connectivity index (χ0) is 14.8. The first-order valence-electron chi connectivity index (χ1n) is 8.18. The van der Waals surface area contributed by atoms with Crippen molar-refractivity contribution in [3.05, 3.63) is 34.9 Å². The number of Topliss-reactive ketones (excluding diaryl/α,β-unsaturated/α-hetero) is 1. The molecule has 0 saturated heterocycles. The number of fused-ring (bicyclic) bond motifs is 1. The van der Waals surface area contributed by atoms with Gasteiger partial charge in [0.25, 0.3) is 0 Å². The van der Waals surface area contributed by atoms with Crippen LogP contribution in [0.5, 0.6) is 0 Å². The minimum Gasteiger partial charge on any atom is -0.391 e. The van der Waals surface area contributed by atoms with Gasteiger partial charge in [0.1, 0.15) is 0 Å². The van der Waals surface area contributed by atoms with Crippen molar-refractivity contribution in [2.24, 2.45) is 0 Å². The number of aliphatic hydroxyl groups is 1. The molecule has 2 aliphatic carbocycles. The Bertz CT molecular complexity index is 526. The summed E-state index contributed by atoms with van der Waals surface area (Å²) >= 11 is 0. The second-order valence-corrected chi connectivity index (χ2v) is 6.59. The molecule has 114 valence electrons. The molecular weight excluding hydrogens is 262 g/mol. The first-order valence-corrected chi connectivity index (χ1v) is 8.18. The maximum Gasteiger partial charge on any atom is 0.176 e. The number of hydrogen-bond donors (Lipinski definition) is 1. The van der Waals surface area contributed by atoms with Crippen LogP contribution >= 0.6 is 0 Å². The highest BCUT2D eigenvalue weighted by Gasteiger charge is 2.27. The lowest BCUT2D eigenvalue weighted by Crippen LogP contribution is -2.45. The lowest BCUT2D eigenvalue weighted by molar-refractivity contribution is 0.0322. The van der Waals surface area contributed by atoms with Crippen LogP contribution in [-0.4, -0.2) is 41.5 Å². The topological polar surface area (TPSA) is 40.5 Å². The second kappa shape index (κ2) is 6.29. The van der Waals surface area contributed by atoms with E-state index in [0.29, 0.717) is 6.54 Å². The van der Waals surface area contributed by atoms with Crippen molar-refractivity contribution < 1.29 is 9.90 Å². The molecule has 0 spiro atoms. The predicted octanol–water partition coefficient (Wildman–Crippen LogP) is 2.59. The van der Waals surface area contributed by atoms with Gasteiger partial charge >= 0.3 is 0 Å². The smallest absolute Gasteiger partial charge is 0.176 e. The van der Waals surface area contributed by atoms with Gasteiger partial charge in [0.2, 0.25) is 0 Å². The summed E-state index contributed by atoms with van der Waals surface area (Å²) in [5, 5.41) is 10.1. The molecule has 2 atom stereocenters. The van der Waals surface area contributed by atoms with Gasteiger partial charge in [-0.25, -0.2) is 0 Å². The highest BCUT2D eigenvalue weighted by molar-refractivity contribution is 5.97. The van der Waals surface area contributed by atoms with Crippen molar-refractivity contribution in [1.82, 2.24) is 4.90 Å². The Kier molecular flexibility index (Phi) is 4.41. The Labute approximate surface area is 127 Å². The van der Waals surface area contributed by atoms with Crippen molar-refractivity contribution in [1.29, 1.82) is 0 Å². The fourth-order valence-corrected chi connectivity index (χ4v) is 3.79. The molecule has 3 rings (SSSR count). The zero-order valence-electron chi connectivity index (χ0n) is 12.8. The average molecular weight is 287 g/mol. The molecule has 1 aromatic carbocycles. The van der Waals surface area contributed by atoms with E-state index in [9.17, 15) is 9.90 Å². The molecule has 0 radical (unpaired) electrons. The normalized spacial score (nSPS) is 25.1. The van der Waals surface area contributed by atoms with Gasteiger partial charge in [0.05, 0.1) is 12.6 Å². The number of ketones is 1. The van der Waals surface area contributed by atoms with E-state index in [0.717, 1.165) is 44.1 Å².